The molecular weight excluding hydrogens is 330 g/mol. The number of aromatic nitrogens is 3. The number of aliphatic carboxylic acids is 1. The van der Waals surface area contributed by atoms with Crippen LogP contribution >= 0.6 is 0 Å². The number of carbonyl (C=O) groups is 1. The number of fused-ring (bicyclic) bond motifs is 1. The van der Waals surface area contributed by atoms with Crippen molar-refractivity contribution in [1.82, 2.24) is 14.1 Å². The van der Waals surface area contributed by atoms with Gasteiger partial charge in [-0.15, -0.1) is 0 Å². The van der Waals surface area contributed by atoms with E-state index in [1.165, 1.54) is 0 Å². The third kappa shape index (κ3) is 2.36. The second-order valence-corrected chi connectivity index (χ2v) is 7.19. The Balaban J connectivity index is 1.76. The summed E-state index contributed by atoms with van der Waals surface area (Å²) >= 11 is 0. The fourth-order valence-corrected chi connectivity index (χ4v) is 3.70. The molecule has 0 bridgehead atoms. The summed E-state index contributed by atoms with van der Waals surface area (Å²) in [5.41, 5.74) is 2.43. The Labute approximate surface area is 150 Å². The molecule has 1 fully saturated rings. The normalized spacial score (nSPS) is 21.8. The predicted molar refractivity (Wildman–Crippen MR) is 98.7 cm³/mol. The molecule has 1 aliphatic rings. The van der Waals surface area contributed by atoms with Gasteiger partial charge in [0.2, 0.25) is 0 Å². The molecule has 0 spiro atoms. The van der Waals surface area contributed by atoms with Gasteiger partial charge < -0.3 is 5.11 Å². The van der Waals surface area contributed by atoms with Crippen molar-refractivity contribution in [2.75, 3.05) is 0 Å². The number of nitrogens with zero attached hydrogens (tertiary/aromatic N) is 3. The van der Waals surface area contributed by atoms with Crippen molar-refractivity contribution >= 4 is 17.1 Å². The number of pyridine rings is 1. The van der Waals surface area contributed by atoms with Crippen molar-refractivity contribution in [1.29, 1.82) is 0 Å². The number of carboxylic acids is 1. The first-order valence-corrected chi connectivity index (χ1v) is 8.87. The maximum absolute atomic E-state index is 12.9. The highest BCUT2D eigenvalue weighted by atomic mass is 16.4. The summed E-state index contributed by atoms with van der Waals surface area (Å²) in [7, 11) is 0. The molecule has 6 heteroatoms. The summed E-state index contributed by atoms with van der Waals surface area (Å²) < 4.78 is 3.37. The Morgan fingerprint density at radius 3 is 2.65 bits per heavy atom. The number of aryl methyl sites for hydroxylation is 1. The van der Waals surface area contributed by atoms with E-state index in [1.54, 1.807) is 22.3 Å². The van der Waals surface area contributed by atoms with Crippen LogP contribution in [-0.2, 0) is 11.3 Å². The number of hydrogen-bond donors (Lipinski definition) is 1. The maximum atomic E-state index is 12.9. The van der Waals surface area contributed by atoms with Crippen LogP contribution in [0.2, 0.25) is 0 Å². The number of carboxylic acid groups (broad SMARTS) is 1. The number of hydrogen-bond acceptors (Lipinski definition) is 3. The summed E-state index contributed by atoms with van der Waals surface area (Å²) in [6, 6.07) is 11.3. The first-order chi connectivity index (χ1) is 12.5. The largest absolute Gasteiger partial charge is 0.481 e. The molecule has 2 atom stereocenters. The lowest BCUT2D eigenvalue weighted by atomic mass is 10.0. The van der Waals surface area contributed by atoms with Gasteiger partial charge in [-0.3, -0.25) is 9.36 Å². The van der Waals surface area contributed by atoms with Gasteiger partial charge in [0, 0.05) is 18.7 Å². The van der Waals surface area contributed by atoms with Crippen molar-refractivity contribution in [3.05, 3.63) is 58.6 Å². The van der Waals surface area contributed by atoms with E-state index in [2.05, 4.69) is 4.98 Å². The average Bonchev–Trinajstić information content (AvgIpc) is 3.27. The van der Waals surface area contributed by atoms with Crippen LogP contribution in [0.3, 0.4) is 0 Å². The second-order valence-electron chi connectivity index (χ2n) is 7.19. The molecule has 6 nitrogen and oxygen atoms in total. The molecule has 4 rings (SSSR count). The van der Waals surface area contributed by atoms with E-state index in [0.29, 0.717) is 18.6 Å². The number of benzene rings is 1. The Morgan fingerprint density at radius 1 is 1.31 bits per heavy atom. The average molecular weight is 351 g/mol. The Bertz CT molecular complexity index is 1050. The minimum Gasteiger partial charge on any atom is -0.481 e. The molecule has 2 aromatic heterocycles. The predicted octanol–water partition coefficient (Wildman–Crippen LogP) is 3.18. The highest BCUT2D eigenvalue weighted by Crippen LogP contribution is 2.59. The lowest BCUT2D eigenvalue weighted by Gasteiger charge is -2.07. The van der Waals surface area contributed by atoms with Crippen molar-refractivity contribution in [2.24, 2.45) is 5.41 Å². The highest BCUT2D eigenvalue weighted by molar-refractivity contribution is 5.80. The first-order valence-electron chi connectivity index (χ1n) is 8.87. The van der Waals surface area contributed by atoms with E-state index in [-0.39, 0.29) is 11.6 Å². The summed E-state index contributed by atoms with van der Waals surface area (Å²) in [6.45, 7) is 4.46. The van der Waals surface area contributed by atoms with E-state index in [4.69, 9.17) is 0 Å². The third-order valence-electron chi connectivity index (χ3n) is 5.42. The quantitative estimate of drug-likeness (QED) is 0.766. The topological polar surface area (TPSA) is 77.1 Å². The molecule has 1 unspecified atom stereocenters. The molecule has 26 heavy (non-hydrogen) atoms. The van der Waals surface area contributed by atoms with Gasteiger partial charge in [0.1, 0.15) is 0 Å². The summed E-state index contributed by atoms with van der Waals surface area (Å²) in [6.07, 6.45) is 3.20. The molecule has 0 radical (unpaired) electrons. The van der Waals surface area contributed by atoms with E-state index < -0.39 is 11.4 Å². The van der Waals surface area contributed by atoms with E-state index in [0.717, 1.165) is 23.2 Å². The molecule has 1 aliphatic carbocycles. The Hall–Kier alpha value is -2.89. The van der Waals surface area contributed by atoms with Gasteiger partial charge in [-0.1, -0.05) is 19.1 Å². The fraction of sp³-hybridized carbons (Fsp3) is 0.350. The van der Waals surface area contributed by atoms with Crippen LogP contribution in [0.4, 0.5) is 0 Å². The highest BCUT2D eigenvalue weighted by Gasteiger charge is 2.57. The number of imidazole rings is 1. The third-order valence-corrected chi connectivity index (χ3v) is 5.42. The SMILES string of the molecule is CCCn1c(=O)n(-c2ccc([C@@H]3CC3(C)C(=O)O)cc2)c2ncccc21. The molecule has 0 aliphatic heterocycles. The van der Waals surface area contributed by atoms with E-state index >= 15 is 0 Å². The monoisotopic (exact) mass is 351 g/mol. The van der Waals surface area contributed by atoms with Crippen LogP contribution in [-0.4, -0.2) is 25.2 Å². The molecule has 2 heterocycles. The lowest BCUT2D eigenvalue weighted by Crippen LogP contribution is -2.23. The minimum atomic E-state index is -0.755. The van der Waals surface area contributed by atoms with Crippen molar-refractivity contribution in [3.63, 3.8) is 0 Å². The summed E-state index contributed by atoms with van der Waals surface area (Å²) in [4.78, 5) is 28.7. The molecule has 1 N–H and O–H groups in total. The van der Waals surface area contributed by atoms with E-state index in [9.17, 15) is 14.7 Å². The van der Waals surface area contributed by atoms with Crippen LogP contribution < -0.4 is 5.69 Å². The molecule has 0 saturated heterocycles. The van der Waals surface area contributed by atoms with Crippen molar-refractivity contribution in [3.8, 4) is 5.69 Å². The number of rotatable bonds is 5. The molecule has 1 saturated carbocycles. The minimum absolute atomic E-state index is 0.0327. The summed E-state index contributed by atoms with van der Waals surface area (Å²) in [5.74, 6) is -0.722. The molecule has 3 aromatic rings. The molecular formula is C20H21N3O3. The van der Waals surface area contributed by atoms with Gasteiger partial charge in [-0.05, 0) is 49.6 Å². The van der Waals surface area contributed by atoms with Gasteiger partial charge >= 0.3 is 11.7 Å². The molecule has 0 amide bonds. The second kappa shape index (κ2) is 5.83. The Kier molecular flexibility index (Phi) is 3.72. The molecule has 1 aromatic carbocycles. The smallest absolute Gasteiger partial charge is 0.334 e. The van der Waals surface area contributed by atoms with Crippen LogP contribution in [0.1, 0.15) is 38.2 Å². The summed E-state index contributed by atoms with van der Waals surface area (Å²) in [5, 5.41) is 9.33. The maximum Gasteiger partial charge on any atom is 0.334 e. The fourth-order valence-electron chi connectivity index (χ4n) is 3.70. The zero-order chi connectivity index (χ0) is 18.5. The van der Waals surface area contributed by atoms with Crippen molar-refractivity contribution in [2.45, 2.75) is 39.2 Å². The zero-order valence-corrected chi connectivity index (χ0v) is 14.8. The van der Waals surface area contributed by atoms with Crippen molar-refractivity contribution < 1.29 is 9.90 Å². The zero-order valence-electron chi connectivity index (χ0n) is 14.8. The van der Waals surface area contributed by atoms with Gasteiger partial charge in [0.05, 0.1) is 16.6 Å². The van der Waals surface area contributed by atoms with Gasteiger partial charge in [-0.25, -0.2) is 14.3 Å². The Morgan fingerprint density at radius 2 is 2.04 bits per heavy atom. The van der Waals surface area contributed by atoms with Crippen LogP contribution in [0.25, 0.3) is 16.9 Å². The molecule has 134 valence electrons. The van der Waals surface area contributed by atoms with Gasteiger partial charge in [0.15, 0.2) is 5.65 Å². The van der Waals surface area contributed by atoms with Crippen LogP contribution in [0, 0.1) is 5.41 Å². The lowest BCUT2D eigenvalue weighted by molar-refractivity contribution is -0.142. The van der Waals surface area contributed by atoms with Gasteiger partial charge in [-0.2, -0.15) is 0 Å². The van der Waals surface area contributed by atoms with Gasteiger partial charge in [0.25, 0.3) is 0 Å². The van der Waals surface area contributed by atoms with Crippen LogP contribution in [0.15, 0.2) is 47.4 Å². The standard InChI is InChI=1S/C20H21N3O3/c1-3-11-22-16-5-4-10-21-17(16)23(19(22)26)14-8-6-13(7-9-14)15-12-20(15,2)18(24)25/h4-10,15H,3,11-12H2,1-2H3,(H,24,25)/t15-,20?/m0/s1. The van der Waals surface area contributed by atoms with E-state index in [1.807, 2.05) is 43.3 Å². The van der Waals surface area contributed by atoms with Crippen LogP contribution in [0.5, 0.6) is 0 Å². The first kappa shape index (κ1) is 16.6.